The van der Waals surface area contributed by atoms with Gasteiger partial charge in [0.1, 0.15) is 5.69 Å². The second-order valence-corrected chi connectivity index (χ2v) is 5.64. The van der Waals surface area contributed by atoms with Crippen LogP contribution in [0.4, 0.5) is 0 Å². The highest BCUT2D eigenvalue weighted by Gasteiger charge is 2.24. The van der Waals surface area contributed by atoms with Crippen LogP contribution in [0.2, 0.25) is 5.02 Å². The van der Waals surface area contributed by atoms with Gasteiger partial charge in [-0.1, -0.05) is 27.5 Å². The molecule has 0 bridgehead atoms. The van der Waals surface area contributed by atoms with Crippen LogP contribution in [0.1, 0.15) is 23.3 Å². The average molecular weight is 348 g/mol. The van der Waals surface area contributed by atoms with Crippen LogP contribution in [0.3, 0.4) is 0 Å². The molecule has 19 heavy (non-hydrogen) atoms. The third-order valence-electron chi connectivity index (χ3n) is 3.11. The minimum atomic E-state index is -0.0318. The lowest BCUT2D eigenvalue weighted by molar-refractivity contribution is 0.0158. The van der Waals surface area contributed by atoms with Crippen molar-refractivity contribution in [3.63, 3.8) is 0 Å². The molecular weight excluding hydrogens is 332 g/mol. The van der Waals surface area contributed by atoms with Gasteiger partial charge in [-0.3, -0.25) is 4.79 Å². The Morgan fingerprint density at radius 1 is 1.47 bits per heavy atom. The van der Waals surface area contributed by atoms with Crippen molar-refractivity contribution in [2.75, 3.05) is 25.0 Å². The molecule has 0 saturated carbocycles. The van der Waals surface area contributed by atoms with Gasteiger partial charge in [-0.15, -0.1) is 0 Å². The number of carbonyl (C=O) groups is 1. The van der Waals surface area contributed by atoms with Gasteiger partial charge in [0.25, 0.3) is 5.91 Å². The maximum atomic E-state index is 12.2. The zero-order chi connectivity index (χ0) is 13.7. The normalized spacial score (nSPS) is 16.6. The third-order valence-corrected chi connectivity index (χ3v) is 3.65. The fourth-order valence-corrected chi connectivity index (χ4v) is 2.40. The number of nitrogens with zero attached hydrogens (tertiary/aromatic N) is 2. The van der Waals surface area contributed by atoms with Crippen molar-refractivity contribution in [1.29, 1.82) is 0 Å². The van der Waals surface area contributed by atoms with Gasteiger partial charge < -0.3 is 9.64 Å². The van der Waals surface area contributed by atoms with E-state index in [4.69, 9.17) is 16.3 Å². The molecule has 0 N–H and O–H groups in total. The number of alkyl halides is 1. The minimum absolute atomic E-state index is 0.0318. The molecule has 1 aliphatic heterocycles. The second-order valence-electron chi connectivity index (χ2n) is 4.41. The predicted octanol–water partition coefficient (Wildman–Crippen LogP) is 2.75. The van der Waals surface area contributed by atoms with Crippen molar-refractivity contribution in [2.24, 2.45) is 0 Å². The summed E-state index contributed by atoms with van der Waals surface area (Å²) in [6.45, 7) is 2.16. The van der Waals surface area contributed by atoms with Crippen LogP contribution in [-0.2, 0) is 4.74 Å². The number of halogens is 2. The monoisotopic (exact) mass is 346 g/mol. The number of likely N-dealkylation sites (tertiary alicyclic amines) is 1. The third kappa shape index (κ3) is 4.16. The van der Waals surface area contributed by atoms with Gasteiger partial charge in [-0.2, -0.15) is 0 Å². The van der Waals surface area contributed by atoms with Gasteiger partial charge in [0, 0.05) is 24.6 Å². The molecule has 4 nitrogen and oxygen atoms in total. The van der Waals surface area contributed by atoms with Gasteiger partial charge in [-0.25, -0.2) is 4.98 Å². The molecule has 0 radical (unpaired) electrons. The summed E-state index contributed by atoms with van der Waals surface area (Å²) >= 11 is 9.10. The Kier molecular flexibility index (Phi) is 5.60. The molecule has 2 rings (SSSR count). The van der Waals surface area contributed by atoms with Crippen LogP contribution < -0.4 is 0 Å². The van der Waals surface area contributed by atoms with Crippen LogP contribution in [0.25, 0.3) is 0 Å². The van der Waals surface area contributed by atoms with Crippen molar-refractivity contribution < 1.29 is 9.53 Å². The highest BCUT2D eigenvalue weighted by molar-refractivity contribution is 9.09. The van der Waals surface area contributed by atoms with Crippen LogP contribution in [-0.4, -0.2) is 46.9 Å². The van der Waals surface area contributed by atoms with Crippen molar-refractivity contribution in [3.05, 3.63) is 29.0 Å². The van der Waals surface area contributed by atoms with Crippen molar-refractivity contribution in [3.8, 4) is 0 Å². The molecule has 1 aliphatic rings. The zero-order valence-electron chi connectivity index (χ0n) is 10.5. The van der Waals surface area contributed by atoms with E-state index in [-0.39, 0.29) is 12.0 Å². The lowest BCUT2D eigenvalue weighted by Gasteiger charge is -2.31. The van der Waals surface area contributed by atoms with Gasteiger partial charge in [0.2, 0.25) is 0 Å². The maximum absolute atomic E-state index is 12.2. The highest BCUT2D eigenvalue weighted by Crippen LogP contribution is 2.16. The Balaban J connectivity index is 1.87. The number of hydrogen-bond donors (Lipinski definition) is 0. The van der Waals surface area contributed by atoms with E-state index in [0.717, 1.165) is 37.9 Å². The van der Waals surface area contributed by atoms with E-state index >= 15 is 0 Å². The molecule has 0 atom stereocenters. The number of amides is 1. The first-order valence-corrected chi connectivity index (χ1v) is 7.79. The Labute approximate surface area is 126 Å². The van der Waals surface area contributed by atoms with E-state index in [1.165, 1.54) is 6.20 Å². The van der Waals surface area contributed by atoms with Crippen LogP contribution >= 0.6 is 27.5 Å². The summed E-state index contributed by atoms with van der Waals surface area (Å²) in [6, 6.07) is 3.35. The van der Waals surface area contributed by atoms with E-state index in [2.05, 4.69) is 20.9 Å². The first-order valence-electron chi connectivity index (χ1n) is 6.29. The van der Waals surface area contributed by atoms with Gasteiger partial charge in [0.05, 0.1) is 17.7 Å². The van der Waals surface area contributed by atoms with E-state index in [0.29, 0.717) is 10.7 Å². The Bertz CT molecular complexity index is 419. The predicted molar refractivity (Wildman–Crippen MR) is 77.9 cm³/mol. The van der Waals surface area contributed by atoms with Crippen molar-refractivity contribution in [2.45, 2.75) is 18.9 Å². The lowest BCUT2D eigenvalue weighted by Crippen LogP contribution is -2.41. The fraction of sp³-hybridized carbons (Fsp3) is 0.538. The summed E-state index contributed by atoms with van der Waals surface area (Å²) in [5.41, 5.74) is 0.448. The Hall–Kier alpha value is -0.650. The molecule has 2 heterocycles. The molecule has 6 heteroatoms. The van der Waals surface area contributed by atoms with Gasteiger partial charge >= 0.3 is 0 Å². The first kappa shape index (κ1) is 14.8. The minimum Gasteiger partial charge on any atom is -0.377 e. The summed E-state index contributed by atoms with van der Waals surface area (Å²) in [6.07, 6.45) is 3.53. The topological polar surface area (TPSA) is 42.4 Å². The standard InChI is InChI=1S/C13H16BrClN2O2/c14-5-8-19-11-3-6-17(7-4-11)13(18)12-2-1-10(15)9-16-12/h1-2,9,11H,3-8H2. The van der Waals surface area contributed by atoms with Crippen LogP contribution in [0, 0.1) is 0 Å². The number of piperidine rings is 1. The maximum Gasteiger partial charge on any atom is 0.272 e. The molecule has 0 spiro atoms. The highest BCUT2D eigenvalue weighted by atomic mass is 79.9. The summed E-state index contributed by atoms with van der Waals surface area (Å²) in [4.78, 5) is 18.1. The zero-order valence-corrected chi connectivity index (χ0v) is 12.9. The van der Waals surface area contributed by atoms with Gasteiger partial charge in [0.15, 0.2) is 0 Å². The summed E-state index contributed by atoms with van der Waals surface area (Å²) in [7, 11) is 0. The molecule has 1 amide bonds. The Morgan fingerprint density at radius 2 is 2.21 bits per heavy atom. The van der Waals surface area contributed by atoms with Crippen LogP contribution in [0.15, 0.2) is 18.3 Å². The second kappa shape index (κ2) is 7.22. The molecule has 1 fully saturated rings. The number of carbonyl (C=O) groups excluding carboxylic acids is 1. The van der Waals surface area contributed by atoms with Crippen LogP contribution in [0.5, 0.6) is 0 Å². The van der Waals surface area contributed by atoms with E-state index in [1.807, 2.05) is 4.90 Å². The van der Waals surface area contributed by atoms with Gasteiger partial charge in [-0.05, 0) is 25.0 Å². The molecule has 0 unspecified atom stereocenters. The number of rotatable bonds is 4. The quantitative estimate of drug-likeness (QED) is 0.787. The molecule has 1 aromatic rings. The number of pyridine rings is 1. The Morgan fingerprint density at radius 3 is 2.79 bits per heavy atom. The smallest absolute Gasteiger partial charge is 0.272 e. The largest absolute Gasteiger partial charge is 0.377 e. The summed E-state index contributed by atoms with van der Waals surface area (Å²) in [5, 5.41) is 1.39. The lowest BCUT2D eigenvalue weighted by atomic mass is 10.1. The number of ether oxygens (including phenoxy) is 1. The SMILES string of the molecule is O=C(c1ccc(Cl)cn1)N1CCC(OCCBr)CC1. The van der Waals surface area contributed by atoms with Crippen molar-refractivity contribution in [1.82, 2.24) is 9.88 Å². The van der Waals surface area contributed by atoms with E-state index in [1.54, 1.807) is 12.1 Å². The molecule has 104 valence electrons. The molecular formula is C13H16BrClN2O2. The molecule has 0 aliphatic carbocycles. The van der Waals surface area contributed by atoms with E-state index < -0.39 is 0 Å². The fourth-order valence-electron chi connectivity index (χ4n) is 2.10. The van der Waals surface area contributed by atoms with E-state index in [9.17, 15) is 4.79 Å². The first-order chi connectivity index (χ1) is 9.20. The molecule has 0 aromatic carbocycles. The molecule has 1 saturated heterocycles. The summed E-state index contributed by atoms with van der Waals surface area (Å²) < 4.78 is 5.66. The number of aromatic nitrogens is 1. The number of hydrogen-bond acceptors (Lipinski definition) is 3. The average Bonchev–Trinajstić information content (AvgIpc) is 2.46. The van der Waals surface area contributed by atoms with Crippen molar-refractivity contribution >= 4 is 33.4 Å². The summed E-state index contributed by atoms with van der Waals surface area (Å²) in [5.74, 6) is -0.0318. The molecule has 1 aromatic heterocycles.